The van der Waals surface area contributed by atoms with Crippen LogP contribution in [-0.2, 0) is 27.2 Å². The highest BCUT2D eigenvalue weighted by Gasteiger charge is 2.34. The maximum absolute atomic E-state index is 13.6. The number of benzene rings is 2. The van der Waals surface area contributed by atoms with E-state index in [1.54, 1.807) is 6.07 Å². The summed E-state index contributed by atoms with van der Waals surface area (Å²) in [6.45, 7) is 0.0260. The molecule has 0 spiro atoms. The van der Waals surface area contributed by atoms with Gasteiger partial charge in [0.2, 0.25) is 0 Å². The number of aryl methyl sites for hydroxylation is 2. The van der Waals surface area contributed by atoms with Gasteiger partial charge in [0.15, 0.2) is 17.5 Å². The second-order valence-corrected chi connectivity index (χ2v) is 8.94. The maximum atomic E-state index is 13.6. The molecule has 3 rings (SSSR count). The van der Waals surface area contributed by atoms with Crippen LogP contribution in [0.5, 0.6) is 11.5 Å². The van der Waals surface area contributed by atoms with E-state index in [2.05, 4.69) is 5.32 Å². The number of amides is 1. The van der Waals surface area contributed by atoms with E-state index in [0.29, 0.717) is 24.1 Å². The van der Waals surface area contributed by atoms with Crippen molar-refractivity contribution in [1.82, 2.24) is 4.90 Å². The largest absolute Gasteiger partial charge is 0.489 e. The fourth-order valence-electron chi connectivity index (χ4n) is 4.21. The van der Waals surface area contributed by atoms with Crippen LogP contribution < -0.4 is 20.5 Å². The molecule has 0 saturated heterocycles. The first-order valence-electron chi connectivity index (χ1n) is 12.1. The average Bonchev–Trinajstić information content (AvgIpc) is 2.87. The predicted molar refractivity (Wildman–Crippen MR) is 139 cm³/mol. The number of nitrogens with zero attached hydrogens (tertiary/aromatic N) is 1. The Kier molecular flexibility index (Phi) is 9.27. The number of guanidine groups is 1. The van der Waals surface area contributed by atoms with Crippen molar-refractivity contribution in [3.63, 3.8) is 0 Å². The minimum atomic E-state index is -1.74. The van der Waals surface area contributed by atoms with Gasteiger partial charge in [0.25, 0.3) is 5.91 Å². The number of carboxylic acids is 3. The first-order valence-corrected chi connectivity index (χ1v) is 12.1. The molecule has 1 amide bonds. The molecule has 0 fully saturated rings. The van der Waals surface area contributed by atoms with E-state index < -0.39 is 42.2 Å². The fraction of sp³-hybridized carbons (Fsp3) is 0.308. The number of esters is 1. The van der Waals surface area contributed by atoms with Crippen LogP contribution in [0.4, 0.5) is 5.69 Å². The van der Waals surface area contributed by atoms with Crippen LogP contribution in [0.2, 0.25) is 0 Å². The number of carbonyl (C=O) groups is 5. The molecule has 14 nitrogen and oxygen atoms in total. The Bertz CT molecular complexity index is 1370. The molecule has 1 heterocycles. The smallest absolute Gasteiger partial charge is 0.343 e. The summed E-state index contributed by atoms with van der Waals surface area (Å²) in [5.41, 5.74) is 6.64. The Hall–Kier alpha value is -5.14. The Morgan fingerprint density at radius 3 is 2.48 bits per heavy atom. The number of aliphatic carboxylic acids is 3. The lowest BCUT2D eigenvalue weighted by Gasteiger charge is -2.27. The number of nitrogens with two attached hydrogens (primary N) is 1. The van der Waals surface area contributed by atoms with Crippen LogP contribution in [0, 0.1) is 5.41 Å². The van der Waals surface area contributed by atoms with Crippen molar-refractivity contribution in [2.75, 3.05) is 19.0 Å². The third kappa shape index (κ3) is 7.03. The number of hydrogen-bond donors (Lipinski definition) is 6. The van der Waals surface area contributed by atoms with Crippen molar-refractivity contribution in [3.05, 3.63) is 52.6 Å². The molecule has 1 aliphatic rings. The normalized spacial score (nSPS) is 13.4. The van der Waals surface area contributed by atoms with Crippen LogP contribution >= 0.6 is 0 Å². The van der Waals surface area contributed by atoms with Crippen LogP contribution in [-0.4, -0.2) is 75.7 Å². The quantitative estimate of drug-likeness (QED) is 0.112. The number of carboxylic acid groups (broad SMARTS) is 3. The van der Waals surface area contributed by atoms with Gasteiger partial charge in [0.05, 0.1) is 24.2 Å². The lowest BCUT2D eigenvalue weighted by Crippen LogP contribution is -2.44. The van der Waals surface area contributed by atoms with E-state index in [9.17, 15) is 34.2 Å². The number of anilines is 1. The molecular weight excluding hydrogens is 528 g/mol. The molecule has 0 saturated carbocycles. The zero-order valence-corrected chi connectivity index (χ0v) is 21.4. The maximum Gasteiger partial charge on any atom is 0.343 e. The van der Waals surface area contributed by atoms with Crippen molar-refractivity contribution in [3.8, 4) is 11.5 Å². The van der Waals surface area contributed by atoms with Gasteiger partial charge in [-0.05, 0) is 54.7 Å². The fourth-order valence-corrected chi connectivity index (χ4v) is 4.21. The summed E-state index contributed by atoms with van der Waals surface area (Å²) in [5, 5.41) is 38.0. The summed E-state index contributed by atoms with van der Waals surface area (Å²) in [6, 6.07) is 5.67. The van der Waals surface area contributed by atoms with E-state index in [-0.39, 0.29) is 53.6 Å². The standard InChI is InChI=1S/C26H28N4O10/c1-30(17(24(36)37)12-20(33)34)23(35)21-13(5-9-19(31)32)4-8-18-22(21)39-10-2-3-14-11-15(29-26(27)28)6-7-16(14)25(38)40-18/h4,6-8,11,17H,2-3,5,9-10,12H2,1H3,(H,31,32)(H,33,34)(H,36,37)(H4,27,28,29). The number of carbonyl (C=O) groups excluding carboxylic acids is 2. The molecule has 0 aromatic heterocycles. The zero-order chi connectivity index (χ0) is 29.6. The van der Waals surface area contributed by atoms with E-state index in [4.69, 9.17) is 25.7 Å². The van der Waals surface area contributed by atoms with E-state index in [1.165, 1.54) is 24.3 Å². The number of fused-ring (bicyclic) bond motifs is 2. The summed E-state index contributed by atoms with van der Waals surface area (Å²) in [5.74, 6) is -6.51. The number of likely N-dealkylation sites (N-methyl/N-ethyl adjacent to an activating group) is 1. The SMILES string of the molecule is CN(C(=O)c1c(CCC(=O)O)ccc2c1OCCCc1cc(NC(=N)N)ccc1C(=O)O2)C(CC(=O)O)C(=O)O. The van der Waals surface area contributed by atoms with E-state index >= 15 is 0 Å². The first-order chi connectivity index (χ1) is 18.9. The number of hydrogen-bond acceptors (Lipinski definition) is 8. The summed E-state index contributed by atoms with van der Waals surface area (Å²) in [6.07, 6.45) is -0.688. The molecule has 14 heteroatoms. The van der Waals surface area contributed by atoms with Gasteiger partial charge in [-0.15, -0.1) is 0 Å². The van der Waals surface area contributed by atoms with Gasteiger partial charge in [-0.2, -0.15) is 0 Å². The molecular formula is C26H28N4O10. The summed E-state index contributed by atoms with van der Waals surface area (Å²) >= 11 is 0. The van der Waals surface area contributed by atoms with Crippen molar-refractivity contribution in [1.29, 1.82) is 5.41 Å². The van der Waals surface area contributed by atoms with E-state index in [0.717, 1.165) is 11.9 Å². The van der Waals surface area contributed by atoms with Gasteiger partial charge in [-0.25, -0.2) is 9.59 Å². The highest BCUT2D eigenvalue weighted by Crippen LogP contribution is 2.37. The molecule has 1 aliphatic heterocycles. The third-order valence-corrected chi connectivity index (χ3v) is 6.11. The van der Waals surface area contributed by atoms with Crippen LogP contribution in [0.25, 0.3) is 0 Å². The first kappa shape index (κ1) is 29.4. The predicted octanol–water partition coefficient (Wildman–Crippen LogP) is 1.55. The van der Waals surface area contributed by atoms with Crippen molar-refractivity contribution in [2.45, 2.75) is 38.1 Å². The van der Waals surface area contributed by atoms with Crippen LogP contribution in [0.1, 0.15) is 51.1 Å². The second kappa shape index (κ2) is 12.6. The Balaban J connectivity index is 2.09. The molecule has 1 unspecified atom stereocenters. The Labute approximate surface area is 227 Å². The molecule has 2 aromatic rings. The second-order valence-electron chi connectivity index (χ2n) is 8.94. The number of nitrogens with one attached hydrogen (secondary N) is 2. The summed E-state index contributed by atoms with van der Waals surface area (Å²) in [4.78, 5) is 61.8. The van der Waals surface area contributed by atoms with Gasteiger partial charge in [-0.1, -0.05) is 6.07 Å². The monoisotopic (exact) mass is 556 g/mol. The molecule has 7 N–H and O–H groups in total. The van der Waals surface area contributed by atoms with Gasteiger partial charge in [0, 0.05) is 19.2 Å². The molecule has 1 atom stereocenters. The molecule has 212 valence electrons. The van der Waals surface area contributed by atoms with E-state index in [1.807, 2.05) is 0 Å². The van der Waals surface area contributed by atoms with Gasteiger partial charge in [0.1, 0.15) is 6.04 Å². The molecule has 2 aromatic carbocycles. The topological polar surface area (TPSA) is 230 Å². The molecule has 0 bridgehead atoms. The number of rotatable bonds is 9. The third-order valence-electron chi connectivity index (χ3n) is 6.11. The molecule has 0 radical (unpaired) electrons. The zero-order valence-electron chi connectivity index (χ0n) is 21.4. The Morgan fingerprint density at radius 2 is 1.85 bits per heavy atom. The average molecular weight is 557 g/mol. The minimum absolute atomic E-state index is 0.0260. The lowest BCUT2D eigenvalue weighted by molar-refractivity contribution is -0.148. The number of ether oxygens (including phenoxy) is 2. The molecule has 0 aliphatic carbocycles. The van der Waals surface area contributed by atoms with Gasteiger partial charge >= 0.3 is 23.9 Å². The molecule has 40 heavy (non-hydrogen) atoms. The highest BCUT2D eigenvalue weighted by atomic mass is 16.6. The lowest BCUT2D eigenvalue weighted by atomic mass is 9.98. The van der Waals surface area contributed by atoms with Gasteiger partial charge < -0.3 is 40.7 Å². The van der Waals surface area contributed by atoms with Crippen molar-refractivity contribution in [2.24, 2.45) is 5.73 Å². The Morgan fingerprint density at radius 1 is 1.12 bits per heavy atom. The minimum Gasteiger partial charge on any atom is -0.489 e. The van der Waals surface area contributed by atoms with Crippen molar-refractivity contribution < 1.29 is 48.8 Å². The summed E-state index contributed by atoms with van der Waals surface area (Å²) < 4.78 is 11.5. The highest BCUT2D eigenvalue weighted by molar-refractivity contribution is 6.02. The summed E-state index contributed by atoms with van der Waals surface area (Å²) in [7, 11) is 1.11. The van der Waals surface area contributed by atoms with Crippen LogP contribution in [0.15, 0.2) is 30.3 Å². The van der Waals surface area contributed by atoms with Crippen molar-refractivity contribution >= 4 is 41.4 Å². The van der Waals surface area contributed by atoms with Gasteiger partial charge in [-0.3, -0.25) is 19.8 Å². The van der Waals surface area contributed by atoms with Crippen LogP contribution in [0.3, 0.4) is 0 Å².